The van der Waals surface area contributed by atoms with Gasteiger partial charge in [-0.3, -0.25) is 0 Å². The number of hydrogen-bond acceptors (Lipinski definition) is 5. The van der Waals surface area contributed by atoms with E-state index in [2.05, 4.69) is 0 Å². The summed E-state index contributed by atoms with van der Waals surface area (Å²) >= 11 is 0. The molecule has 126 valence electrons. The number of epoxide rings is 1. The van der Waals surface area contributed by atoms with Crippen molar-refractivity contribution >= 4 is 12.0 Å². The average Bonchev–Trinajstić information content (AvgIpc) is 3.36. The largest absolute Gasteiger partial charge is 0.493 e. The molecule has 0 aliphatic carbocycles. The van der Waals surface area contributed by atoms with Gasteiger partial charge in [0.05, 0.1) is 32.5 Å². The number of hydrogen-bond donors (Lipinski definition) is 0. The van der Waals surface area contributed by atoms with Crippen molar-refractivity contribution in [2.24, 2.45) is 0 Å². The van der Waals surface area contributed by atoms with Gasteiger partial charge in [-0.1, -0.05) is 12.1 Å². The first-order valence-corrected chi connectivity index (χ1v) is 7.99. The molecule has 1 aromatic carbocycles. The van der Waals surface area contributed by atoms with E-state index in [0.717, 1.165) is 23.5 Å². The number of benzene rings is 1. The van der Waals surface area contributed by atoms with Crippen LogP contribution in [0.4, 0.5) is 0 Å². The van der Waals surface area contributed by atoms with Crippen LogP contribution < -0.4 is 4.74 Å². The van der Waals surface area contributed by atoms with Crippen molar-refractivity contribution in [2.45, 2.75) is 33.0 Å². The lowest BCUT2D eigenvalue weighted by Crippen LogP contribution is -2.08. The van der Waals surface area contributed by atoms with Gasteiger partial charge >= 0.3 is 5.97 Å². The second-order valence-corrected chi connectivity index (χ2v) is 5.21. The molecule has 0 spiro atoms. The molecule has 1 heterocycles. The normalized spacial score (nSPS) is 18.0. The molecule has 1 saturated heterocycles. The molecule has 1 unspecified atom stereocenters. The van der Waals surface area contributed by atoms with E-state index in [1.807, 2.05) is 32.0 Å². The zero-order chi connectivity index (χ0) is 16.7. The molecule has 0 radical (unpaired) electrons. The van der Waals surface area contributed by atoms with Crippen LogP contribution in [-0.2, 0) is 19.0 Å². The maximum absolute atomic E-state index is 11.6. The predicted molar refractivity (Wildman–Crippen MR) is 87.4 cm³/mol. The summed E-state index contributed by atoms with van der Waals surface area (Å²) in [5.41, 5.74) is 1.81. The molecule has 2 rings (SSSR count). The van der Waals surface area contributed by atoms with Crippen molar-refractivity contribution in [3.8, 4) is 5.75 Å². The Labute approximate surface area is 137 Å². The molecule has 1 fully saturated rings. The minimum Gasteiger partial charge on any atom is -0.493 e. The molecular formula is C18H24O5. The first-order chi connectivity index (χ1) is 11.2. The van der Waals surface area contributed by atoms with E-state index in [1.165, 1.54) is 6.08 Å². The van der Waals surface area contributed by atoms with Crippen LogP contribution in [0.25, 0.3) is 6.08 Å². The minimum atomic E-state index is -0.371. The summed E-state index contributed by atoms with van der Waals surface area (Å²) in [4.78, 5) is 11.6. The zero-order valence-corrected chi connectivity index (χ0v) is 13.9. The van der Waals surface area contributed by atoms with Crippen molar-refractivity contribution in [1.29, 1.82) is 0 Å². The fraction of sp³-hybridized carbons (Fsp3) is 0.500. The highest BCUT2D eigenvalue weighted by Gasteiger charge is 2.24. The molecule has 5 heteroatoms. The monoisotopic (exact) mass is 320 g/mol. The SMILES string of the molecule is CCOC(=O)/C=C/c1c(OCC)cccc1[C@@H](C)OCC1CO1. The fourth-order valence-electron chi connectivity index (χ4n) is 2.22. The number of ether oxygens (including phenoxy) is 4. The molecule has 23 heavy (non-hydrogen) atoms. The summed E-state index contributed by atoms with van der Waals surface area (Å²) in [6.45, 7) is 7.92. The van der Waals surface area contributed by atoms with Crippen molar-refractivity contribution in [2.75, 3.05) is 26.4 Å². The number of carbonyl (C=O) groups excluding carboxylic acids is 1. The Bertz CT molecular complexity index is 548. The lowest BCUT2D eigenvalue weighted by molar-refractivity contribution is -0.137. The summed E-state index contributed by atoms with van der Waals surface area (Å²) < 4.78 is 21.6. The molecular weight excluding hydrogens is 296 g/mol. The van der Waals surface area contributed by atoms with Crippen LogP contribution >= 0.6 is 0 Å². The van der Waals surface area contributed by atoms with Crippen LogP contribution in [0.2, 0.25) is 0 Å². The quantitative estimate of drug-likeness (QED) is 0.397. The zero-order valence-electron chi connectivity index (χ0n) is 13.9. The van der Waals surface area contributed by atoms with E-state index in [1.54, 1.807) is 13.0 Å². The predicted octanol–water partition coefficient (Wildman–Crippen LogP) is 3.14. The second kappa shape index (κ2) is 8.70. The van der Waals surface area contributed by atoms with Crippen molar-refractivity contribution in [3.05, 3.63) is 35.4 Å². The Kier molecular flexibility index (Phi) is 6.62. The molecule has 0 aromatic heterocycles. The standard InChI is InChI=1S/C18H24O5/c1-4-20-17-8-6-7-15(13(3)22-11-14-12-23-14)16(17)9-10-18(19)21-5-2/h6-10,13-14H,4-5,11-12H2,1-3H3/b10-9+/t13-,14?/m1/s1. The molecule has 1 aromatic rings. The van der Waals surface area contributed by atoms with Crippen molar-refractivity contribution < 1.29 is 23.7 Å². The topological polar surface area (TPSA) is 57.3 Å². The van der Waals surface area contributed by atoms with Gasteiger partial charge in [0.25, 0.3) is 0 Å². The summed E-state index contributed by atoms with van der Waals surface area (Å²) in [6.07, 6.45) is 3.24. The molecule has 0 N–H and O–H groups in total. The van der Waals surface area contributed by atoms with Crippen molar-refractivity contribution in [1.82, 2.24) is 0 Å². The molecule has 1 aliphatic rings. The lowest BCUT2D eigenvalue weighted by Gasteiger charge is -2.18. The minimum absolute atomic E-state index is 0.124. The number of esters is 1. The third kappa shape index (κ3) is 5.37. The van der Waals surface area contributed by atoms with Crippen LogP contribution in [0, 0.1) is 0 Å². The second-order valence-electron chi connectivity index (χ2n) is 5.21. The van der Waals surface area contributed by atoms with Gasteiger partial charge in [0, 0.05) is 11.6 Å². The Balaban J connectivity index is 2.20. The fourth-order valence-corrected chi connectivity index (χ4v) is 2.22. The maximum atomic E-state index is 11.6. The Morgan fingerprint density at radius 3 is 2.83 bits per heavy atom. The number of carbonyl (C=O) groups is 1. The Morgan fingerprint density at radius 2 is 2.17 bits per heavy atom. The molecule has 5 nitrogen and oxygen atoms in total. The van der Waals surface area contributed by atoms with E-state index in [0.29, 0.717) is 19.8 Å². The molecule has 0 saturated carbocycles. The van der Waals surface area contributed by atoms with Gasteiger partial charge in [-0.05, 0) is 38.5 Å². The molecule has 0 bridgehead atoms. The van der Waals surface area contributed by atoms with E-state index in [4.69, 9.17) is 18.9 Å². The highest BCUT2D eigenvalue weighted by atomic mass is 16.6. The molecule has 2 atom stereocenters. The highest BCUT2D eigenvalue weighted by Crippen LogP contribution is 2.31. The summed E-state index contributed by atoms with van der Waals surface area (Å²) in [6, 6.07) is 5.79. The van der Waals surface area contributed by atoms with Crippen LogP contribution in [0.1, 0.15) is 38.0 Å². The molecule has 1 aliphatic heterocycles. The van der Waals surface area contributed by atoms with Crippen LogP contribution in [0.5, 0.6) is 5.75 Å². The van der Waals surface area contributed by atoms with E-state index >= 15 is 0 Å². The highest BCUT2D eigenvalue weighted by molar-refractivity contribution is 5.88. The summed E-state index contributed by atoms with van der Waals surface area (Å²) in [5, 5.41) is 0. The van der Waals surface area contributed by atoms with Gasteiger partial charge in [-0.25, -0.2) is 4.79 Å². The first kappa shape index (κ1) is 17.5. The van der Waals surface area contributed by atoms with E-state index in [9.17, 15) is 4.79 Å². The van der Waals surface area contributed by atoms with Crippen LogP contribution in [0.15, 0.2) is 24.3 Å². The first-order valence-electron chi connectivity index (χ1n) is 7.99. The summed E-state index contributed by atoms with van der Waals surface area (Å²) in [7, 11) is 0. The van der Waals surface area contributed by atoms with Crippen LogP contribution in [0.3, 0.4) is 0 Å². The third-order valence-corrected chi connectivity index (χ3v) is 3.44. The Morgan fingerprint density at radius 1 is 1.39 bits per heavy atom. The smallest absolute Gasteiger partial charge is 0.330 e. The average molecular weight is 320 g/mol. The van der Waals surface area contributed by atoms with Gasteiger partial charge in [0.15, 0.2) is 0 Å². The maximum Gasteiger partial charge on any atom is 0.330 e. The van der Waals surface area contributed by atoms with E-state index < -0.39 is 0 Å². The Hall–Kier alpha value is -1.85. The molecule has 0 amide bonds. The van der Waals surface area contributed by atoms with E-state index in [-0.39, 0.29) is 18.2 Å². The van der Waals surface area contributed by atoms with Gasteiger partial charge in [0.1, 0.15) is 11.9 Å². The van der Waals surface area contributed by atoms with Gasteiger partial charge < -0.3 is 18.9 Å². The van der Waals surface area contributed by atoms with Gasteiger partial charge in [0.2, 0.25) is 0 Å². The number of rotatable bonds is 9. The third-order valence-electron chi connectivity index (χ3n) is 3.44. The van der Waals surface area contributed by atoms with Crippen molar-refractivity contribution in [3.63, 3.8) is 0 Å². The van der Waals surface area contributed by atoms with Gasteiger partial charge in [-0.15, -0.1) is 0 Å². The summed E-state index contributed by atoms with van der Waals surface area (Å²) in [5.74, 6) is 0.355. The lowest BCUT2D eigenvalue weighted by atomic mass is 10.0. The van der Waals surface area contributed by atoms with Crippen LogP contribution in [-0.4, -0.2) is 38.5 Å². The van der Waals surface area contributed by atoms with Gasteiger partial charge in [-0.2, -0.15) is 0 Å².